The topological polar surface area (TPSA) is 74.8 Å². The van der Waals surface area contributed by atoms with Crippen LogP contribution in [0, 0.1) is 19.7 Å². The molecule has 2 aromatic heterocycles. The summed E-state index contributed by atoms with van der Waals surface area (Å²) in [6.07, 6.45) is 3.63. The third kappa shape index (κ3) is 3.65. The highest BCUT2D eigenvalue weighted by molar-refractivity contribution is 5.92. The number of rotatable bonds is 3. The van der Waals surface area contributed by atoms with Gasteiger partial charge in [0.25, 0.3) is 5.91 Å². The van der Waals surface area contributed by atoms with E-state index in [2.05, 4.69) is 20.2 Å². The molecule has 7 heteroatoms. The molecule has 6 nitrogen and oxygen atoms in total. The number of amides is 1. The largest absolute Gasteiger partial charge is 0.337 e. The van der Waals surface area contributed by atoms with Gasteiger partial charge in [0, 0.05) is 36.0 Å². The first-order chi connectivity index (χ1) is 13.5. The lowest BCUT2D eigenvalue weighted by Crippen LogP contribution is -2.39. The lowest BCUT2D eigenvalue weighted by Gasteiger charge is -2.32. The Balaban J connectivity index is 1.57. The van der Waals surface area contributed by atoms with E-state index < -0.39 is 0 Å². The summed E-state index contributed by atoms with van der Waals surface area (Å²) in [5.74, 6) is 0.410. The molecular weight excluding hydrogens is 357 g/mol. The number of nitrogens with zero attached hydrogens (tertiary/aromatic N) is 4. The monoisotopic (exact) mass is 379 g/mol. The van der Waals surface area contributed by atoms with Crippen LogP contribution in [0.1, 0.15) is 46.5 Å². The quantitative estimate of drug-likeness (QED) is 0.754. The lowest BCUT2D eigenvalue weighted by molar-refractivity contribution is 0.0699. The SMILES string of the molecule is Cc1cc(C(=O)N2CCC[C@@H](c3[nH]ncc3-c3ccc(F)cc3)C2)nc(C)n1. The molecule has 28 heavy (non-hydrogen) atoms. The lowest BCUT2D eigenvalue weighted by atomic mass is 9.90. The van der Waals surface area contributed by atoms with Gasteiger partial charge in [-0.25, -0.2) is 14.4 Å². The maximum Gasteiger partial charge on any atom is 0.272 e. The number of nitrogens with one attached hydrogen (secondary N) is 1. The first-order valence-electron chi connectivity index (χ1n) is 9.42. The van der Waals surface area contributed by atoms with Crippen LogP contribution in [0.4, 0.5) is 4.39 Å². The van der Waals surface area contributed by atoms with Gasteiger partial charge in [-0.15, -0.1) is 0 Å². The van der Waals surface area contributed by atoms with Crippen molar-refractivity contribution in [2.45, 2.75) is 32.6 Å². The highest BCUT2D eigenvalue weighted by atomic mass is 19.1. The van der Waals surface area contributed by atoms with E-state index in [9.17, 15) is 9.18 Å². The summed E-state index contributed by atoms with van der Waals surface area (Å²) >= 11 is 0. The van der Waals surface area contributed by atoms with Crippen molar-refractivity contribution in [3.63, 3.8) is 0 Å². The molecule has 1 aromatic carbocycles. The van der Waals surface area contributed by atoms with Gasteiger partial charge in [-0.05, 0) is 50.5 Å². The maximum atomic E-state index is 13.3. The molecule has 1 N–H and O–H groups in total. The smallest absolute Gasteiger partial charge is 0.272 e. The molecule has 1 amide bonds. The van der Waals surface area contributed by atoms with E-state index in [0.717, 1.165) is 35.4 Å². The standard InChI is InChI=1S/C21H22FN5O/c1-13-10-19(25-14(2)24-13)21(28)27-9-3-4-16(12-27)20-18(11-23-26-20)15-5-7-17(22)8-6-15/h5-8,10-11,16H,3-4,9,12H2,1-2H3,(H,23,26)/t16-/m1/s1. The van der Waals surface area contributed by atoms with Crippen LogP contribution in [0.2, 0.25) is 0 Å². The fourth-order valence-corrected chi connectivity index (χ4v) is 3.85. The molecule has 3 heterocycles. The van der Waals surface area contributed by atoms with Gasteiger partial charge < -0.3 is 4.90 Å². The molecule has 0 saturated carbocycles. The first-order valence-corrected chi connectivity index (χ1v) is 9.42. The molecule has 0 radical (unpaired) electrons. The second-order valence-electron chi connectivity index (χ2n) is 7.24. The number of H-pyrrole nitrogens is 1. The van der Waals surface area contributed by atoms with Crippen LogP contribution in [0.5, 0.6) is 0 Å². The summed E-state index contributed by atoms with van der Waals surface area (Å²) < 4.78 is 13.3. The highest BCUT2D eigenvalue weighted by Gasteiger charge is 2.29. The molecule has 144 valence electrons. The minimum atomic E-state index is -0.265. The van der Waals surface area contributed by atoms with Crippen molar-refractivity contribution in [3.05, 3.63) is 65.3 Å². The number of carbonyl (C=O) groups excluding carboxylic acids is 1. The molecule has 0 aliphatic carbocycles. The maximum absolute atomic E-state index is 13.3. The van der Waals surface area contributed by atoms with Gasteiger partial charge in [0.15, 0.2) is 0 Å². The Labute approximate surface area is 162 Å². The van der Waals surface area contributed by atoms with Crippen molar-refractivity contribution in [2.75, 3.05) is 13.1 Å². The average molecular weight is 379 g/mol. The second-order valence-corrected chi connectivity index (χ2v) is 7.24. The van der Waals surface area contributed by atoms with E-state index in [0.29, 0.717) is 24.6 Å². The van der Waals surface area contributed by atoms with Crippen molar-refractivity contribution in [1.82, 2.24) is 25.1 Å². The number of hydrogen-bond donors (Lipinski definition) is 1. The van der Waals surface area contributed by atoms with Crippen LogP contribution in [-0.2, 0) is 0 Å². The third-order valence-electron chi connectivity index (χ3n) is 5.13. The molecule has 0 spiro atoms. The summed E-state index contributed by atoms with van der Waals surface area (Å²) in [5.41, 5.74) is 4.08. The number of carbonyl (C=O) groups is 1. The Kier molecular flexibility index (Phi) is 4.90. The number of aromatic nitrogens is 4. The summed E-state index contributed by atoms with van der Waals surface area (Å²) in [5, 5.41) is 7.30. The molecule has 1 aliphatic rings. The van der Waals surface area contributed by atoms with Crippen LogP contribution in [-0.4, -0.2) is 44.1 Å². The highest BCUT2D eigenvalue weighted by Crippen LogP contribution is 2.33. The van der Waals surface area contributed by atoms with Crippen LogP contribution in [0.3, 0.4) is 0 Å². The van der Waals surface area contributed by atoms with Crippen molar-refractivity contribution in [2.24, 2.45) is 0 Å². The van der Waals surface area contributed by atoms with Gasteiger partial charge in [-0.3, -0.25) is 9.89 Å². The van der Waals surface area contributed by atoms with Crippen molar-refractivity contribution in [3.8, 4) is 11.1 Å². The van der Waals surface area contributed by atoms with Crippen LogP contribution in [0.25, 0.3) is 11.1 Å². The number of aryl methyl sites for hydroxylation is 2. The molecule has 1 aliphatic heterocycles. The van der Waals surface area contributed by atoms with E-state index in [-0.39, 0.29) is 17.6 Å². The summed E-state index contributed by atoms with van der Waals surface area (Å²) in [4.78, 5) is 23.4. The van der Waals surface area contributed by atoms with Crippen LogP contribution in [0.15, 0.2) is 36.5 Å². The predicted molar refractivity (Wildman–Crippen MR) is 103 cm³/mol. The minimum Gasteiger partial charge on any atom is -0.337 e. The van der Waals surface area contributed by atoms with Crippen molar-refractivity contribution >= 4 is 5.91 Å². The second kappa shape index (κ2) is 7.50. The summed E-state index contributed by atoms with van der Waals surface area (Å²) in [6.45, 7) is 4.96. The van der Waals surface area contributed by atoms with E-state index in [4.69, 9.17) is 0 Å². The van der Waals surface area contributed by atoms with Gasteiger partial charge in [0.05, 0.1) is 6.20 Å². The average Bonchev–Trinajstić information content (AvgIpc) is 3.17. The Morgan fingerprint density at radius 1 is 1.21 bits per heavy atom. The van der Waals surface area contributed by atoms with Gasteiger partial charge in [0.2, 0.25) is 0 Å². The van der Waals surface area contributed by atoms with Crippen molar-refractivity contribution < 1.29 is 9.18 Å². The predicted octanol–water partition coefficient (Wildman–Crippen LogP) is 3.64. The summed E-state index contributed by atoms with van der Waals surface area (Å²) in [7, 11) is 0. The van der Waals surface area contributed by atoms with E-state index in [1.807, 2.05) is 11.8 Å². The third-order valence-corrected chi connectivity index (χ3v) is 5.13. The summed E-state index contributed by atoms with van der Waals surface area (Å²) in [6, 6.07) is 8.13. The number of piperidine rings is 1. The number of benzene rings is 1. The number of hydrogen-bond acceptors (Lipinski definition) is 4. The van der Waals surface area contributed by atoms with Gasteiger partial charge in [-0.1, -0.05) is 12.1 Å². The van der Waals surface area contributed by atoms with E-state index >= 15 is 0 Å². The zero-order valence-corrected chi connectivity index (χ0v) is 15.9. The van der Waals surface area contributed by atoms with Gasteiger partial charge >= 0.3 is 0 Å². The fraction of sp³-hybridized carbons (Fsp3) is 0.333. The number of halogens is 1. The Morgan fingerprint density at radius 2 is 2.00 bits per heavy atom. The molecule has 1 saturated heterocycles. The number of likely N-dealkylation sites (tertiary alicyclic amines) is 1. The molecule has 0 unspecified atom stereocenters. The Morgan fingerprint density at radius 3 is 2.75 bits per heavy atom. The van der Waals surface area contributed by atoms with E-state index in [1.165, 1.54) is 12.1 Å². The normalized spacial score (nSPS) is 17.0. The van der Waals surface area contributed by atoms with Crippen molar-refractivity contribution in [1.29, 1.82) is 0 Å². The van der Waals surface area contributed by atoms with E-state index in [1.54, 1.807) is 31.3 Å². The number of aromatic amines is 1. The molecule has 0 bridgehead atoms. The Hall–Kier alpha value is -3.09. The van der Waals surface area contributed by atoms with Crippen LogP contribution < -0.4 is 0 Å². The van der Waals surface area contributed by atoms with Gasteiger partial charge in [-0.2, -0.15) is 5.10 Å². The molecule has 1 atom stereocenters. The first kappa shape index (κ1) is 18.3. The Bertz CT molecular complexity index is 978. The van der Waals surface area contributed by atoms with Crippen LogP contribution >= 0.6 is 0 Å². The molecule has 1 fully saturated rings. The zero-order chi connectivity index (χ0) is 19.7. The zero-order valence-electron chi connectivity index (χ0n) is 15.9. The molecule has 3 aromatic rings. The molecule has 4 rings (SSSR count). The van der Waals surface area contributed by atoms with Gasteiger partial charge in [0.1, 0.15) is 17.3 Å². The fourth-order valence-electron chi connectivity index (χ4n) is 3.85. The minimum absolute atomic E-state index is 0.0684. The molecular formula is C21H22FN5O.